The van der Waals surface area contributed by atoms with Gasteiger partial charge in [0, 0.05) is 37.2 Å². The summed E-state index contributed by atoms with van der Waals surface area (Å²) in [6.45, 7) is 2.19. The fourth-order valence-corrected chi connectivity index (χ4v) is 4.04. The maximum absolute atomic E-state index is 4.25. The van der Waals surface area contributed by atoms with Crippen LogP contribution in [-0.2, 0) is 13.6 Å². The molecule has 1 aliphatic carbocycles. The van der Waals surface area contributed by atoms with Crippen LogP contribution in [0.5, 0.6) is 0 Å². The standard InChI is InChI=1S/C15H26BrN3/c1-18(10-14-9-17-19(2)11-14)13-15(12-16)7-5-3-4-6-8-15/h9,11H,3-8,10,12-13H2,1-2H3. The summed E-state index contributed by atoms with van der Waals surface area (Å²) < 4.78 is 1.88. The topological polar surface area (TPSA) is 21.1 Å². The van der Waals surface area contributed by atoms with E-state index in [0.717, 1.165) is 11.9 Å². The van der Waals surface area contributed by atoms with Crippen molar-refractivity contribution in [3.05, 3.63) is 18.0 Å². The van der Waals surface area contributed by atoms with Gasteiger partial charge in [0.2, 0.25) is 0 Å². The third-order valence-electron chi connectivity index (χ3n) is 4.26. The lowest BCUT2D eigenvalue weighted by molar-refractivity contribution is 0.171. The maximum atomic E-state index is 4.25. The Labute approximate surface area is 125 Å². The van der Waals surface area contributed by atoms with E-state index in [2.05, 4.69) is 39.2 Å². The smallest absolute Gasteiger partial charge is 0.0534 e. The van der Waals surface area contributed by atoms with Crippen LogP contribution in [0.1, 0.15) is 44.1 Å². The van der Waals surface area contributed by atoms with E-state index in [1.165, 1.54) is 50.6 Å². The zero-order valence-electron chi connectivity index (χ0n) is 12.2. The number of alkyl halides is 1. The fraction of sp³-hybridized carbons (Fsp3) is 0.800. The van der Waals surface area contributed by atoms with E-state index in [0.29, 0.717) is 5.41 Å². The molecule has 19 heavy (non-hydrogen) atoms. The van der Waals surface area contributed by atoms with Gasteiger partial charge in [-0.2, -0.15) is 5.10 Å². The molecule has 1 fully saturated rings. The van der Waals surface area contributed by atoms with Crippen LogP contribution in [0, 0.1) is 5.41 Å². The molecular weight excluding hydrogens is 302 g/mol. The molecule has 0 spiro atoms. The van der Waals surface area contributed by atoms with Gasteiger partial charge in [-0.3, -0.25) is 4.68 Å². The number of nitrogens with zero attached hydrogens (tertiary/aromatic N) is 3. The van der Waals surface area contributed by atoms with Crippen LogP contribution in [0.3, 0.4) is 0 Å². The molecule has 0 aliphatic heterocycles. The molecule has 3 nitrogen and oxygen atoms in total. The third kappa shape index (κ3) is 4.32. The molecule has 1 aromatic rings. The van der Waals surface area contributed by atoms with Crippen LogP contribution in [-0.4, -0.2) is 33.6 Å². The number of hydrogen-bond donors (Lipinski definition) is 0. The van der Waals surface area contributed by atoms with Crippen LogP contribution in [0.2, 0.25) is 0 Å². The Morgan fingerprint density at radius 1 is 1.32 bits per heavy atom. The Kier molecular flexibility index (Phi) is 5.46. The largest absolute Gasteiger partial charge is 0.301 e. The molecular formula is C15H26BrN3. The second-order valence-electron chi connectivity index (χ2n) is 6.24. The molecule has 2 rings (SSSR count). The van der Waals surface area contributed by atoms with Crippen LogP contribution in [0.4, 0.5) is 0 Å². The molecule has 0 atom stereocenters. The third-order valence-corrected chi connectivity index (χ3v) is 5.45. The predicted molar refractivity (Wildman–Crippen MR) is 83.5 cm³/mol. The lowest BCUT2D eigenvalue weighted by atomic mass is 9.82. The Balaban J connectivity index is 1.93. The van der Waals surface area contributed by atoms with Crippen molar-refractivity contribution in [2.24, 2.45) is 12.5 Å². The Morgan fingerprint density at radius 3 is 2.53 bits per heavy atom. The second-order valence-corrected chi connectivity index (χ2v) is 6.80. The average molecular weight is 328 g/mol. The molecule has 4 heteroatoms. The Bertz CT molecular complexity index is 380. The van der Waals surface area contributed by atoms with Crippen molar-refractivity contribution >= 4 is 15.9 Å². The van der Waals surface area contributed by atoms with Crippen molar-refractivity contribution in [3.63, 3.8) is 0 Å². The zero-order chi connectivity index (χ0) is 13.7. The Morgan fingerprint density at radius 2 is 2.00 bits per heavy atom. The molecule has 1 saturated carbocycles. The maximum Gasteiger partial charge on any atom is 0.0534 e. The van der Waals surface area contributed by atoms with E-state index in [1.807, 2.05) is 17.9 Å². The number of aromatic nitrogens is 2. The van der Waals surface area contributed by atoms with Crippen LogP contribution in [0.25, 0.3) is 0 Å². The second kappa shape index (κ2) is 6.89. The summed E-state index contributed by atoms with van der Waals surface area (Å²) in [6.07, 6.45) is 12.5. The number of aryl methyl sites for hydroxylation is 1. The molecule has 0 bridgehead atoms. The van der Waals surface area contributed by atoms with E-state index in [9.17, 15) is 0 Å². The van der Waals surface area contributed by atoms with Crippen molar-refractivity contribution < 1.29 is 0 Å². The number of hydrogen-bond acceptors (Lipinski definition) is 2. The molecule has 108 valence electrons. The van der Waals surface area contributed by atoms with E-state index in [1.54, 1.807) is 0 Å². The van der Waals surface area contributed by atoms with Gasteiger partial charge in [-0.25, -0.2) is 0 Å². The van der Waals surface area contributed by atoms with E-state index < -0.39 is 0 Å². The fourth-order valence-electron chi connectivity index (χ4n) is 3.31. The normalized spacial score (nSPS) is 19.6. The van der Waals surface area contributed by atoms with Gasteiger partial charge >= 0.3 is 0 Å². The summed E-state index contributed by atoms with van der Waals surface area (Å²) in [4.78, 5) is 2.46. The predicted octanol–water partition coefficient (Wildman–Crippen LogP) is 3.59. The highest BCUT2D eigenvalue weighted by atomic mass is 79.9. The molecule has 0 radical (unpaired) electrons. The Hall–Kier alpha value is -0.350. The summed E-state index contributed by atoms with van der Waals surface area (Å²) >= 11 is 3.78. The van der Waals surface area contributed by atoms with Crippen molar-refractivity contribution in [2.75, 3.05) is 18.9 Å². The van der Waals surface area contributed by atoms with Crippen molar-refractivity contribution in [1.29, 1.82) is 0 Å². The molecule has 1 aromatic heterocycles. The van der Waals surface area contributed by atoms with Gasteiger partial charge in [0.1, 0.15) is 0 Å². The quantitative estimate of drug-likeness (QED) is 0.608. The molecule has 0 amide bonds. The summed E-state index contributed by atoms with van der Waals surface area (Å²) in [5.41, 5.74) is 1.79. The minimum Gasteiger partial charge on any atom is -0.301 e. The molecule has 1 aliphatic rings. The molecule has 1 heterocycles. The van der Waals surface area contributed by atoms with Crippen LogP contribution >= 0.6 is 15.9 Å². The highest BCUT2D eigenvalue weighted by Crippen LogP contribution is 2.37. The average Bonchev–Trinajstić information content (AvgIpc) is 2.65. The van der Waals surface area contributed by atoms with Gasteiger partial charge in [0.05, 0.1) is 6.20 Å². The van der Waals surface area contributed by atoms with Crippen molar-refractivity contribution in [3.8, 4) is 0 Å². The SMILES string of the molecule is CN(Cc1cnn(C)c1)CC1(CBr)CCCCCC1. The number of halogens is 1. The van der Waals surface area contributed by atoms with E-state index in [-0.39, 0.29) is 0 Å². The van der Waals surface area contributed by atoms with Crippen molar-refractivity contribution in [2.45, 2.75) is 45.1 Å². The van der Waals surface area contributed by atoms with Gasteiger partial charge in [0.15, 0.2) is 0 Å². The summed E-state index contributed by atoms with van der Waals surface area (Å²) in [7, 11) is 4.22. The van der Waals surface area contributed by atoms with Crippen molar-refractivity contribution in [1.82, 2.24) is 14.7 Å². The first kappa shape index (κ1) is 15.0. The molecule has 0 aromatic carbocycles. The first-order valence-corrected chi connectivity index (χ1v) is 8.48. The van der Waals surface area contributed by atoms with E-state index in [4.69, 9.17) is 0 Å². The summed E-state index contributed by atoms with van der Waals surface area (Å²) in [6, 6.07) is 0. The molecule has 0 N–H and O–H groups in total. The lowest BCUT2D eigenvalue weighted by Crippen LogP contribution is -2.36. The van der Waals surface area contributed by atoms with Gasteiger partial charge in [-0.1, -0.05) is 41.6 Å². The minimum absolute atomic E-state index is 0.480. The highest BCUT2D eigenvalue weighted by Gasteiger charge is 2.31. The number of rotatable bonds is 5. The van der Waals surface area contributed by atoms with E-state index >= 15 is 0 Å². The van der Waals surface area contributed by atoms with Crippen LogP contribution < -0.4 is 0 Å². The first-order valence-electron chi connectivity index (χ1n) is 7.36. The van der Waals surface area contributed by atoms with Crippen LogP contribution in [0.15, 0.2) is 12.4 Å². The summed E-state index contributed by atoms with van der Waals surface area (Å²) in [5, 5.41) is 5.39. The zero-order valence-corrected chi connectivity index (χ0v) is 13.8. The van der Waals surface area contributed by atoms with Gasteiger partial charge in [-0.05, 0) is 25.3 Å². The van der Waals surface area contributed by atoms with Gasteiger partial charge < -0.3 is 4.90 Å². The highest BCUT2D eigenvalue weighted by molar-refractivity contribution is 9.09. The monoisotopic (exact) mass is 327 g/mol. The molecule has 0 unspecified atom stereocenters. The minimum atomic E-state index is 0.480. The van der Waals surface area contributed by atoms with Gasteiger partial charge in [0.25, 0.3) is 0 Å². The van der Waals surface area contributed by atoms with Gasteiger partial charge in [-0.15, -0.1) is 0 Å². The first-order chi connectivity index (χ1) is 9.13. The lowest BCUT2D eigenvalue weighted by Gasteiger charge is -2.35. The molecule has 0 saturated heterocycles. The summed E-state index contributed by atoms with van der Waals surface area (Å²) in [5.74, 6) is 0.